The molecule has 2 aromatic rings. The van der Waals surface area contributed by atoms with Gasteiger partial charge in [0.2, 0.25) is 5.91 Å². The number of benzene rings is 2. The summed E-state index contributed by atoms with van der Waals surface area (Å²) in [6.07, 6.45) is 2.40. The van der Waals surface area contributed by atoms with Gasteiger partial charge in [-0.3, -0.25) is 9.59 Å². The van der Waals surface area contributed by atoms with Crippen LogP contribution in [0.4, 0.5) is 4.79 Å². The highest BCUT2D eigenvalue weighted by atomic mass is 16.6. The molecule has 2 aromatic carbocycles. The van der Waals surface area contributed by atoms with Gasteiger partial charge in [0.15, 0.2) is 0 Å². The Morgan fingerprint density at radius 3 is 2.14 bits per heavy atom. The normalized spacial score (nSPS) is 22.3. The van der Waals surface area contributed by atoms with Crippen LogP contribution in [0.5, 0.6) is 0 Å². The van der Waals surface area contributed by atoms with E-state index in [4.69, 9.17) is 9.47 Å². The van der Waals surface area contributed by atoms with E-state index in [2.05, 4.69) is 22.8 Å². The van der Waals surface area contributed by atoms with Gasteiger partial charge in [0.1, 0.15) is 12.1 Å². The van der Waals surface area contributed by atoms with E-state index in [1.54, 1.807) is 0 Å². The van der Waals surface area contributed by atoms with Gasteiger partial charge in [-0.05, 0) is 35.1 Å². The van der Waals surface area contributed by atoms with Crippen LogP contribution in [0.15, 0.2) is 48.5 Å². The van der Waals surface area contributed by atoms with E-state index < -0.39 is 29.0 Å². The van der Waals surface area contributed by atoms with E-state index in [-0.39, 0.29) is 25.6 Å². The lowest BCUT2D eigenvalue weighted by molar-refractivity contribution is -0.139. The van der Waals surface area contributed by atoms with Gasteiger partial charge < -0.3 is 25.2 Å². The number of hydrogen-bond donors (Lipinski definition) is 3. The molecule has 1 heterocycles. The van der Waals surface area contributed by atoms with Crippen LogP contribution in [0.1, 0.15) is 55.6 Å². The topological polar surface area (TPSA) is 114 Å². The fraction of sp³-hybridized carbons (Fsp3) is 0.444. The number of alkyl carbamates (subject to hydrolysis) is 1. The SMILES string of the molecule is O=C(O)CC1(NC(=O)C2(NC(=O)OCC3c4ccccc4-c4ccccc43)CCOC2)CCCC1. The molecule has 0 bridgehead atoms. The zero-order valence-electron chi connectivity index (χ0n) is 19.5. The van der Waals surface area contributed by atoms with Crippen LogP contribution < -0.4 is 10.6 Å². The number of carbonyl (C=O) groups is 3. The summed E-state index contributed by atoms with van der Waals surface area (Å²) in [7, 11) is 0. The third kappa shape index (κ3) is 4.50. The first-order valence-corrected chi connectivity index (χ1v) is 12.2. The summed E-state index contributed by atoms with van der Waals surface area (Å²) in [4.78, 5) is 37.7. The van der Waals surface area contributed by atoms with Gasteiger partial charge in [-0.2, -0.15) is 0 Å². The minimum Gasteiger partial charge on any atom is -0.481 e. The number of rotatable bonds is 7. The molecule has 2 fully saturated rings. The molecular weight excluding hydrogens is 448 g/mol. The van der Waals surface area contributed by atoms with E-state index >= 15 is 0 Å². The monoisotopic (exact) mass is 478 g/mol. The Balaban J connectivity index is 1.28. The maximum atomic E-state index is 13.4. The van der Waals surface area contributed by atoms with Crippen molar-refractivity contribution in [3.05, 3.63) is 59.7 Å². The lowest BCUT2D eigenvalue weighted by atomic mass is 9.90. The molecule has 35 heavy (non-hydrogen) atoms. The maximum Gasteiger partial charge on any atom is 0.408 e. The Morgan fingerprint density at radius 1 is 0.943 bits per heavy atom. The van der Waals surface area contributed by atoms with Crippen molar-refractivity contribution in [2.75, 3.05) is 19.8 Å². The number of ether oxygens (including phenoxy) is 2. The zero-order chi connectivity index (χ0) is 24.5. The van der Waals surface area contributed by atoms with Crippen LogP contribution in [0.2, 0.25) is 0 Å². The van der Waals surface area contributed by atoms with Crippen molar-refractivity contribution in [2.45, 2.75) is 55.5 Å². The minimum atomic E-state index is -1.28. The van der Waals surface area contributed by atoms with Gasteiger partial charge in [-0.15, -0.1) is 0 Å². The highest BCUT2D eigenvalue weighted by Gasteiger charge is 2.48. The van der Waals surface area contributed by atoms with E-state index in [0.29, 0.717) is 25.9 Å². The van der Waals surface area contributed by atoms with Gasteiger partial charge >= 0.3 is 12.1 Å². The Kier molecular flexibility index (Phi) is 6.23. The summed E-state index contributed by atoms with van der Waals surface area (Å²) in [6.45, 7) is 0.483. The van der Waals surface area contributed by atoms with E-state index in [1.807, 2.05) is 36.4 Å². The van der Waals surface area contributed by atoms with Crippen molar-refractivity contribution in [3.63, 3.8) is 0 Å². The van der Waals surface area contributed by atoms with Crippen LogP contribution in [-0.2, 0) is 19.1 Å². The van der Waals surface area contributed by atoms with Crippen LogP contribution in [0, 0.1) is 0 Å². The van der Waals surface area contributed by atoms with Crippen molar-refractivity contribution >= 4 is 18.0 Å². The Hall–Kier alpha value is -3.39. The molecule has 1 aliphatic heterocycles. The molecule has 2 aliphatic carbocycles. The van der Waals surface area contributed by atoms with Gasteiger partial charge in [-0.25, -0.2) is 4.79 Å². The second kappa shape index (κ2) is 9.34. The summed E-state index contributed by atoms with van der Waals surface area (Å²) in [6, 6.07) is 16.2. The number of hydrogen-bond acceptors (Lipinski definition) is 5. The summed E-state index contributed by atoms with van der Waals surface area (Å²) >= 11 is 0. The van der Waals surface area contributed by atoms with Gasteiger partial charge in [0.25, 0.3) is 0 Å². The Bertz CT molecular complexity index is 1090. The number of fused-ring (bicyclic) bond motifs is 3. The standard InChI is InChI=1S/C27H30N2O6/c30-23(31)15-26(11-5-6-12-26)28-24(32)27(13-14-34-17-27)29-25(33)35-16-22-20-9-3-1-7-18(20)19-8-2-4-10-21(19)22/h1-4,7-10,22H,5-6,11-17H2,(H,28,32)(H,29,33)(H,30,31). The van der Waals surface area contributed by atoms with Crippen molar-refractivity contribution < 1.29 is 29.0 Å². The molecule has 3 aliphatic rings. The van der Waals surface area contributed by atoms with Crippen molar-refractivity contribution in [1.82, 2.24) is 10.6 Å². The number of aliphatic carboxylic acids is 1. The predicted molar refractivity (Wildman–Crippen MR) is 128 cm³/mol. The molecular formula is C27H30N2O6. The molecule has 1 atom stereocenters. The summed E-state index contributed by atoms with van der Waals surface area (Å²) in [5, 5.41) is 15.1. The van der Waals surface area contributed by atoms with Crippen LogP contribution in [0.3, 0.4) is 0 Å². The molecule has 1 saturated carbocycles. The number of nitrogens with one attached hydrogen (secondary N) is 2. The van der Waals surface area contributed by atoms with E-state index in [9.17, 15) is 19.5 Å². The quantitative estimate of drug-likeness (QED) is 0.561. The number of carboxylic acid groups (broad SMARTS) is 1. The van der Waals surface area contributed by atoms with Gasteiger partial charge in [0.05, 0.1) is 18.6 Å². The van der Waals surface area contributed by atoms with Gasteiger partial charge in [-0.1, -0.05) is 61.4 Å². The Morgan fingerprint density at radius 2 is 1.57 bits per heavy atom. The predicted octanol–water partition coefficient (Wildman–Crippen LogP) is 3.59. The number of amides is 2. The highest BCUT2D eigenvalue weighted by Crippen LogP contribution is 2.44. The number of carboxylic acids is 1. The average Bonchev–Trinajstić information content (AvgIpc) is 3.56. The molecule has 1 saturated heterocycles. The van der Waals surface area contributed by atoms with E-state index in [1.165, 1.54) is 0 Å². The fourth-order valence-corrected chi connectivity index (χ4v) is 5.78. The second-order valence-electron chi connectivity index (χ2n) is 9.85. The first-order chi connectivity index (χ1) is 16.9. The summed E-state index contributed by atoms with van der Waals surface area (Å²) < 4.78 is 11.1. The van der Waals surface area contributed by atoms with Crippen molar-refractivity contribution in [3.8, 4) is 11.1 Å². The number of carbonyl (C=O) groups excluding carboxylic acids is 2. The molecule has 0 radical (unpaired) electrons. The van der Waals surface area contributed by atoms with Crippen LogP contribution >= 0.6 is 0 Å². The van der Waals surface area contributed by atoms with Gasteiger partial charge in [0, 0.05) is 18.9 Å². The molecule has 8 nitrogen and oxygen atoms in total. The molecule has 8 heteroatoms. The highest BCUT2D eigenvalue weighted by molar-refractivity contribution is 5.91. The lowest BCUT2D eigenvalue weighted by Gasteiger charge is -2.35. The third-order valence-corrected chi connectivity index (χ3v) is 7.57. The zero-order valence-corrected chi connectivity index (χ0v) is 19.5. The molecule has 5 rings (SSSR count). The summed E-state index contributed by atoms with van der Waals surface area (Å²) in [5.74, 6) is -1.45. The smallest absolute Gasteiger partial charge is 0.408 e. The molecule has 2 amide bonds. The van der Waals surface area contributed by atoms with Crippen molar-refractivity contribution in [1.29, 1.82) is 0 Å². The second-order valence-corrected chi connectivity index (χ2v) is 9.85. The van der Waals surface area contributed by atoms with Crippen LogP contribution in [-0.4, -0.2) is 54.0 Å². The molecule has 3 N–H and O–H groups in total. The molecule has 0 aromatic heterocycles. The van der Waals surface area contributed by atoms with E-state index in [0.717, 1.165) is 35.1 Å². The molecule has 0 spiro atoms. The third-order valence-electron chi connectivity index (χ3n) is 7.57. The minimum absolute atomic E-state index is 0.0200. The van der Waals surface area contributed by atoms with Crippen molar-refractivity contribution in [2.24, 2.45) is 0 Å². The lowest BCUT2D eigenvalue weighted by Crippen LogP contribution is -2.63. The fourth-order valence-electron chi connectivity index (χ4n) is 5.78. The van der Waals surface area contributed by atoms with Crippen LogP contribution in [0.25, 0.3) is 11.1 Å². The Labute approximate surface area is 204 Å². The first kappa shape index (κ1) is 23.4. The molecule has 184 valence electrons. The molecule has 1 unspecified atom stereocenters. The summed E-state index contributed by atoms with van der Waals surface area (Å²) in [5.41, 5.74) is 2.41. The first-order valence-electron chi connectivity index (χ1n) is 12.2. The largest absolute Gasteiger partial charge is 0.481 e. The average molecular weight is 479 g/mol. The maximum absolute atomic E-state index is 13.4.